The molecule has 1 aliphatic rings. The summed E-state index contributed by atoms with van der Waals surface area (Å²) in [4.78, 5) is 45.3. The van der Waals surface area contributed by atoms with Crippen LogP contribution in [0.15, 0.2) is 12.1 Å². The van der Waals surface area contributed by atoms with E-state index < -0.39 is 23.7 Å². The summed E-state index contributed by atoms with van der Waals surface area (Å²) in [6.07, 6.45) is 0.0993. The smallest absolute Gasteiger partial charge is 0.346 e. The summed E-state index contributed by atoms with van der Waals surface area (Å²) in [5, 5.41) is 9.00. The number of cyclic esters (lactones) is 2. The molecular formula is C12H8O6. The van der Waals surface area contributed by atoms with E-state index in [0.717, 1.165) is 12.1 Å². The largest absolute Gasteiger partial charge is 0.478 e. The maximum Gasteiger partial charge on any atom is 0.346 e. The van der Waals surface area contributed by atoms with Gasteiger partial charge >= 0.3 is 17.9 Å². The second-order valence-electron chi connectivity index (χ2n) is 3.70. The molecule has 6 heteroatoms. The molecular weight excluding hydrogens is 240 g/mol. The number of carboxylic acids is 1. The lowest BCUT2D eigenvalue weighted by Crippen LogP contribution is -2.10. The zero-order valence-electron chi connectivity index (χ0n) is 9.35. The number of hydrogen-bond acceptors (Lipinski definition) is 5. The molecule has 1 heterocycles. The van der Waals surface area contributed by atoms with E-state index in [1.165, 1.54) is 0 Å². The summed E-state index contributed by atoms with van der Waals surface area (Å²) in [5.41, 5.74) is -0.575. The number of fused-ring (bicyclic) bond motifs is 1. The Morgan fingerprint density at radius 1 is 1.11 bits per heavy atom. The molecule has 1 aromatic rings. The van der Waals surface area contributed by atoms with Gasteiger partial charge in [-0.2, -0.15) is 0 Å². The van der Waals surface area contributed by atoms with E-state index in [0.29, 0.717) is 0 Å². The van der Waals surface area contributed by atoms with Crippen LogP contribution in [-0.2, 0) is 4.74 Å². The van der Waals surface area contributed by atoms with E-state index >= 15 is 0 Å². The highest BCUT2D eigenvalue weighted by Crippen LogP contribution is 2.25. The molecule has 2 rings (SSSR count). The van der Waals surface area contributed by atoms with Crippen LogP contribution in [0.4, 0.5) is 0 Å². The fourth-order valence-electron chi connectivity index (χ4n) is 1.73. The molecule has 92 valence electrons. The second-order valence-corrected chi connectivity index (χ2v) is 3.70. The first kappa shape index (κ1) is 12.0. The van der Waals surface area contributed by atoms with Crippen LogP contribution in [0.5, 0.6) is 0 Å². The van der Waals surface area contributed by atoms with Crippen LogP contribution in [0.1, 0.15) is 54.8 Å². The van der Waals surface area contributed by atoms with Gasteiger partial charge < -0.3 is 9.84 Å². The van der Waals surface area contributed by atoms with Crippen molar-refractivity contribution >= 4 is 23.7 Å². The first-order chi connectivity index (χ1) is 8.45. The number of benzene rings is 1. The summed E-state index contributed by atoms with van der Waals surface area (Å²) < 4.78 is 4.35. The number of esters is 2. The Balaban J connectivity index is 2.71. The first-order valence-electron chi connectivity index (χ1n) is 5.16. The Kier molecular flexibility index (Phi) is 2.70. The normalized spacial score (nSPS) is 13.2. The molecule has 0 saturated heterocycles. The quantitative estimate of drug-likeness (QED) is 0.491. The Hall–Kier alpha value is -2.50. The van der Waals surface area contributed by atoms with Gasteiger partial charge in [0.15, 0.2) is 5.78 Å². The molecule has 18 heavy (non-hydrogen) atoms. The van der Waals surface area contributed by atoms with Crippen molar-refractivity contribution in [3.63, 3.8) is 0 Å². The van der Waals surface area contributed by atoms with Crippen molar-refractivity contribution in [1.29, 1.82) is 0 Å². The highest BCUT2D eigenvalue weighted by Gasteiger charge is 2.33. The van der Waals surface area contributed by atoms with Gasteiger partial charge in [-0.05, 0) is 12.1 Å². The van der Waals surface area contributed by atoms with Crippen LogP contribution < -0.4 is 0 Å². The monoisotopic (exact) mass is 248 g/mol. The molecule has 6 nitrogen and oxygen atoms in total. The van der Waals surface area contributed by atoms with Gasteiger partial charge in [0.2, 0.25) is 0 Å². The Bertz CT molecular complexity index is 599. The minimum Gasteiger partial charge on any atom is -0.478 e. The predicted octanol–water partition coefficient (Wildman–Crippen LogP) is 1.29. The molecule has 0 radical (unpaired) electrons. The second kappa shape index (κ2) is 4.06. The van der Waals surface area contributed by atoms with Crippen molar-refractivity contribution in [2.75, 3.05) is 0 Å². The number of rotatable bonds is 3. The average molecular weight is 248 g/mol. The maximum atomic E-state index is 11.6. The van der Waals surface area contributed by atoms with Gasteiger partial charge in [-0.3, -0.25) is 4.79 Å². The molecule has 0 fully saturated rings. The Labute approximate surface area is 101 Å². The number of ether oxygens (including phenoxy) is 1. The van der Waals surface area contributed by atoms with Gasteiger partial charge in [0, 0.05) is 12.0 Å². The summed E-state index contributed by atoms with van der Waals surface area (Å²) in [7, 11) is 0. The number of carboxylic acid groups (broad SMARTS) is 1. The lowest BCUT2D eigenvalue weighted by molar-refractivity contribution is 0.0443. The highest BCUT2D eigenvalue weighted by atomic mass is 16.6. The van der Waals surface area contributed by atoms with Crippen molar-refractivity contribution in [1.82, 2.24) is 0 Å². The molecule has 0 bridgehead atoms. The number of carbonyl (C=O) groups excluding carboxylic acids is 3. The summed E-state index contributed by atoms with van der Waals surface area (Å²) in [6, 6.07) is 2.12. The zero-order chi connectivity index (χ0) is 13.4. The molecule has 1 aromatic carbocycles. The zero-order valence-corrected chi connectivity index (χ0v) is 9.35. The lowest BCUT2D eigenvalue weighted by Gasteiger charge is -2.05. The molecule has 0 atom stereocenters. The molecule has 0 aliphatic carbocycles. The van der Waals surface area contributed by atoms with E-state index in [2.05, 4.69) is 4.74 Å². The van der Waals surface area contributed by atoms with Crippen LogP contribution in [0, 0.1) is 0 Å². The standard InChI is InChI=1S/C12H8O6/c1-2-9(13)5-3-7-8(4-6(5)10(14)15)12(17)18-11(7)16/h3-4H,2H2,1H3,(H,14,15). The minimum absolute atomic E-state index is 0.0678. The van der Waals surface area contributed by atoms with E-state index in [9.17, 15) is 19.2 Å². The third-order valence-corrected chi connectivity index (χ3v) is 2.63. The van der Waals surface area contributed by atoms with Crippen molar-refractivity contribution < 1.29 is 29.0 Å². The molecule has 0 unspecified atom stereocenters. The highest BCUT2D eigenvalue weighted by molar-refractivity contribution is 6.18. The Morgan fingerprint density at radius 2 is 1.61 bits per heavy atom. The third kappa shape index (κ3) is 1.67. The van der Waals surface area contributed by atoms with Gasteiger partial charge in [0.1, 0.15) is 0 Å². The van der Waals surface area contributed by atoms with Crippen LogP contribution in [-0.4, -0.2) is 28.8 Å². The molecule has 0 saturated carbocycles. The van der Waals surface area contributed by atoms with Crippen LogP contribution >= 0.6 is 0 Å². The molecule has 0 aromatic heterocycles. The summed E-state index contributed by atoms with van der Waals surface area (Å²) in [6.45, 7) is 1.57. The molecule has 1 aliphatic heterocycles. The molecule has 0 amide bonds. The fourth-order valence-corrected chi connectivity index (χ4v) is 1.73. The van der Waals surface area contributed by atoms with Crippen molar-refractivity contribution in [3.05, 3.63) is 34.4 Å². The van der Waals surface area contributed by atoms with E-state index in [1.54, 1.807) is 6.92 Å². The number of hydrogen-bond donors (Lipinski definition) is 1. The van der Waals surface area contributed by atoms with E-state index in [1.807, 2.05) is 0 Å². The number of carbonyl (C=O) groups is 4. The summed E-state index contributed by atoms with van der Waals surface area (Å²) in [5.74, 6) is -3.51. The Morgan fingerprint density at radius 3 is 2.06 bits per heavy atom. The van der Waals surface area contributed by atoms with E-state index in [-0.39, 0.29) is 28.7 Å². The van der Waals surface area contributed by atoms with Gasteiger partial charge in [0.05, 0.1) is 16.7 Å². The molecule has 1 N–H and O–H groups in total. The number of aromatic carboxylic acids is 1. The fraction of sp³-hybridized carbons (Fsp3) is 0.167. The predicted molar refractivity (Wildman–Crippen MR) is 57.8 cm³/mol. The van der Waals surface area contributed by atoms with Crippen LogP contribution in [0.2, 0.25) is 0 Å². The lowest BCUT2D eigenvalue weighted by atomic mass is 9.96. The van der Waals surface area contributed by atoms with E-state index in [4.69, 9.17) is 5.11 Å². The van der Waals surface area contributed by atoms with Gasteiger partial charge in [0.25, 0.3) is 0 Å². The van der Waals surface area contributed by atoms with Crippen LogP contribution in [0.25, 0.3) is 0 Å². The minimum atomic E-state index is -1.33. The van der Waals surface area contributed by atoms with Gasteiger partial charge in [-0.15, -0.1) is 0 Å². The van der Waals surface area contributed by atoms with Crippen molar-refractivity contribution in [2.24, 2.45) is 0 Å². The molecule has 0 spiro atoms. The summed E-state index contributed by atoms with van der Waals surface area (Å²) >= 11 is 0. The maximum absolute atomic E-state index is 11.6. The van der Waals surface area contributed by atoms with Crippen molar-refractivity contribution in [2.45, 2.75) is 13.3 Å². The number of ketones is 1. The van der Waals surface area contributed by atoms with Crippen molar-refractivity contribution in [3.8, 4) is 0 Å². The van der Waals surface area contributed by atoms with Crippen LogP contribution in [0.3, 0.4) is 0 Å². The average Bonchev–Trinajstić information content (AvgIpc) is 2.62. The first-order valence-corrected chi connectivity index (χ1v) is 5.16. The SMILES string of the molecule is CCC(=O)c1cc2c(cc1C(=O)O)C(=O)OC2=O. The topological polar surface area (TPSA) is 97.7 Å². The van der Waals surface area contributed by atoms with Gasteiger partial charge in [-0.1, -0.05) is 6.92 Å². The van der Waals surface area contributed by atoms with Gasteiger partial charge in [-0.25, -0.2) is 14.4 Å². The number of Topliss-reactive ketones (excluding diaryl/α,β-unsaturated/α-hetero) is 1. The third-order valence-electron chi connectivity index (χ3n) is 2.63.